The molecule has 0 bridgehead atoms. The number of aromatic nitrogens is 2. The molecule has 0 spiro atoms. The maximum atomic E-state index is 5.86. The summed E-state index contributed by atoms with van der Waals surface area (Å²) in [5.41, 5.74) is 1.23. The van der Waals surface area contributed by atoms with Crippen molar-refractivity contribution in [2.75, 3.05) is 0 Å². The summed E-state index contributed by atoms with van der Waals surface area (Å²) in [4.78, 5) is 4.27. The third-order valence-corrected chi connectivity index (χ3v) is 3.11. The molecule has 0 amide bonds. The molecule has 0 aliphatic heterocycles. The molecule has 2 aromatic rings. The standard InChI is InChI=1S/C13H16ClN3/c1-10(11-3-5-12(14)6-4-11)16-9-13-15-7-8-17(13)2/h3-8,10,16H,9H2,1-2H3. The molecule has 1 N–H and O–H groups in total. The summed E-state index contributed by atoms with van der Waals surface area (Å²) in [6.45, 7) is 2.89. The Hall–Kier alpha value is -1.32. The zero-order valence-corrected chi connectivity index (χ0v) is 10.8. The fraction of sp³-hybridized carbons (Fsp3) is 0.308. The molecule has 0 fully saturated rings. The van der Waals surface area contributed by atoms with E-state index in [1.165, 1.54) is 5.56 Å². The van der Waals surface area contributed by atoms with Crippen LogP contribution in [0.1, 0.15) is 24.4 Å². The average molecular weight is 250 g/mol. The third-order valence-electron chi connectivity index (χ3n) is 2.86. The van der Waals surface area contributed by atoms with Gasteiger partial charge in [0.05, 0.1) is 6.54 Å². The minimum atomic E-state index is 0.281. The third kappa shape index (κ3) is 3.08. The van der Waals surface area contributed by atoms with Crippen LogP contribution in [0.15, 0.2) is 36.7 Å². The van der Waals surface area contributed by atoms with Gasteiger partial charge in [0.2, 0.25) is 0 Å². The number of imidazole rings is 1. The van der Waals surface area contributed by atoms with E-state index in [1.54, 1.807) is 0 Å². The van der Waals surface area contributed by atoms with Crippen LogP contribution < -0.4 is 5.32 Å². The molecule has 17 heavy (non-hydrogen) atoms. The molecule has 1 aromatic heterocycles. The van der Waals surface area contributed by atoms with Gasteiger partial charge in [-0.1, -0.05) is 23.7 Å². The minimum absolute atomic E-state index is 0.281. The number of nitrogens with one attached hydrogen (secondary N) is 1. The molecule has 0 radical (unpaired) electrons. The average Bonchev–Trinajstić information content (AvgIpc) is 2.73. The van der Waals surface area contributed by atoms with E-state index in [-0.39, 0.29) is 6.04 Å². The molecule has 1 atom stereocenters. The Balaban J connectivity index is 1.95. The Labute approximate surface area is 106 Å². The van der Waals surface area contributed by atoms with E-state index in [4.69, 9.17) is 11.6 Å². The molecule has 3 nitrogen and oxygen atoms in total. The summed E-state index contributed by atoms with van der Waals surface area (Å²) in [5.74, 6) is 1.03. The predicted molar refractivity (Wildman–Crippen MR) is 69.9 cm³/mol. The summed E-state index contributed by atoms with van der Waals surface area (Å²) >= 11 is 5.86. The van der Waals surface area contributed by atoms with E-state index in [2.05, 4.69) is 17.2 Å². The summed E-state index contributed by atoms with van der Waals surface area (Å²) in [7, 11) is 2.00. The number of nitrogens with zero attached hydrogens (tertiary/aromatic N) is 2. The molecule has 1 heterocycles. The molecule has 1 aromatic carbocycles. The van der Waals surface area contributed by atoms with Gasteiger partial charge >= 0.3 is 0 Å². The second-order valence-electron chi connectivity index (χ2n) is 4.11. The lowest BCUT2D eigenvalue weighted by atomic mass is 10.1. The zero-order valence-electron chi connectivity index (χ0n) is 10.0. The summed E-state index contributed by atoms with van der Waals surface area (Å²) in [5, 5.41) is 4.20. The predicted octanol–water partition coefficient (Wildman–Crippen LogP) is 2.92. The van der Waals surface area contributed by atoms with Gasteiger partial charge in [-0.3, -0.25) is 0 Å². The molecular formula is C13H16ClN3. The van der Waals surface area contributed by atoms with Crippen molar-refractivity contribution >= 4 is 11.6 Å². The second-order valence-corrected chi connectivity index (χ2v) is 4.54. The Morgan fingerprint density at radius 1 is 1.35 bits per heavy atom. The highest BCUT2D eigenvalue weighted by atomic mass is 35.5. The van der Waals surface area contributed by atoms with Gasteiger partial charge in [-0.25, -0.2) is 4.98 Å². The lowest BCUT2D eigenvalue weighted by Gasteiger charge is -2.14. The highest BCUT2D eigenvalue weighted by molar-refractivity contribution is 6.30. The Morgan fingerprint density at radius 3 is 2.65 bits per heavy atom. The number of benzene rings is 1. The lowest BCUT2D eigenvalue weighted by Crippen LogP contribution is -2.20. The van der Waals surface area contributed by atoms with E-state index in [0.717, 1.165) is 17.4 Å². The monoisotopic (exact) mass is 249 g/mol. The topological polar surface area (TPSA) is 29.9 Å². The molecule has 4 heteroatoms. The highest BCUT2D eigenvalue weighted by Crippen LogP contribution is 2.16. The number of rotatable bonds is 4. The van der Waals surface area contributed by atoms with Crippen molar-refractivity contribution in [3.05, 3.63) is 53.1 Å². The fourth-order valence-electron chi connectivity index (χ4n) is 1.68. The Kier molecular flexibility index (Phi) is 3.82. The van der Waals surface area contributed by atoms with E-state index >= 15 is 0 Å². The summed E-state index contributed by atoms with van der Waals surface area (Å²) in [6.07, 6.45) is 3.76. The lowest BCUT2D eigenvalue weighted by molar-refractivity contribution is 0.549. The molecule has 2 rings (SSSR count). The summed E-state index contributed by atoms with van der Waals surface area (Å²) < 4.78 is 2.02. The van der Waals surface area contributed by atoms with Crippen LogP contribution in [0.25, 0.3) is 0 Å². The van der Waals surface area contributed by atoms with Crippen LogP contribution >= 0.6 is 11.6 Å². The molecule has 0 saturated heterocycles. The van der Waals surface area contributed by atoms with Gasteiger partial charge < -0.3 is 9.88 Å². The zero-order chi connectivity index (χ0) is 12.3. The molecule has 1 unspecified atom stereocenters. The van der Waals surface area contributed by atoms with Crippen molar-refractivity contribution < 1.29 is 0 Å². The first-order valence-electron chi connectivity index (χ1n) is 5.62. The first-order valence-corrected chi connectivity index (χ1v) is 5.99. The largest absolute Gasteiger partial charge is 0.337 e. The van der Waals surface area contributed by atoms with Crippen LogP contribution in [0.2, 0.25) is 5.02 Å². The van der Waals surface area contributed by atoms with Gasteiger partial charge in [0.15, 0.2) is 0 Å². The van der Waals surface area contributed by atoms with Crippen LogP contribution in [0, 0.1) is 0 Å². The highest BCUT2D eigenvalue weighted by Gasteiger charge is 2.06. The van der Waals surface area contributed by atoms with Gasteiger partial charge in [-0.15, -0.1) is 0 Å². The van der Waals surface area contributed by atoms with Crippen molar-refractivity contribution in [1.29, 1.82) is 0 Å². The van der Waals surface area contributed by atoms with Gasteiger partial charge in [-0.2, -0.15) is 0 Å². The number of halogens is 1. The molecule has 0 aliphatic rings. The maximum absolute atomic E-state index is 5.86. The van der Waals surface area contributed by atoms with Crippen LogP contribution in [0.4, 0.5) is 0 Å². The van der Waals surface area contributed by atoms with Crippen LogP contribution in [0.5, 0.6) is 0 Å². The van der Waals surface area contributed by atoms with Gasteiger partial charge in [-0.05, 0) is 24.6 Å². The normalized spacial score (nSPS) is 12.6. The van der Waals surface area contributed by atoms with Gasteiger partial charge in [0, 0.05) is 30.5 Å². The van der Waals surface area contributed by atoms with Gasteiger partial charge in [0.1, 0.15) is 5.82 Å². The van der Waals surface area contributed by atoms with Crippen molar-refractivity contribution in [1.82, 2.24) is 14.9 Å². The Morgan fingerprint density at radius 2 is 2.06 bits per heavy atom. The first kappa shape index (κ1) is 12.1. The second kappa shape index (κ2) is 5.34. The Bertz CT molecular complexity index is 476. The van der Waals surface area contributed by atoms with Gasteiger partial charge in [0.25, 0.3) is 0 Å². The van der Waals surface area contributed by atoms with E-state index in [0.29, 0.717) is 0 Å². The van der Waals surface area contributed by atoms with E-state index < -0.39 is 0 Å². The SMILES string of the molecule is CC(NCc1nccn1C)c1ccc(Cl)cc1. The molecular weight excluding hydrogens is 234 g/mol. The quantitative estimate of drug-likeness (QED) is 0.903. The molecule has 0 aliphatic carbocycles. The van der Waals surface area contributed by atoms with Crippen molar-refractivity contribution in [2.45, 2.75) is 19.5 Å². The smallest absolute Gasteiger partial charge is 0.122 e. The molecule has 0 saturated carbocycles. The van der Waals surface area contributed by atoms with Crippen molar-refractivity contribution in [3.63, 3.8) is 0 Å². The fourth-order valence-corrected chi connectivity index (χ4v) is 1.81. The summed E-state index contributed by atoms with van der Waals surface area (Å²) in [6, 6.07) is 8.19. The van der Waals surface area contributed by atoms with E-state index in [1.807, 2.05) is 48.3 Å². The first-order chi connectivity index (χ1) is 8.16. The molecule has 90 valence electrons. The van der Waals surface area contributed by atoms with Crippen molar-refractivity contribution in [3.8, 4) is 0 Å². The number of aryl methyl sites for hydroxylation is 1. The maximum Gasteiger partial charge on any atom is 0.122 e. The van der Waals surface area contributed by atoms with Crippen molar-refractivity contribution in [2.24, 2.45) is 7.05 Å². The number of hydrogen-bond acceptors (Lipinski definition) is 2. The van der Waals surface area contributed by atoms with Crippen LogP contribution in [0.3, 0.4) is 0 Å². The minimum Gasteiger partial charge on any atom is -0.337 e. The van der Waals surface area contributed by atoms with Crippen LogP contribution in [-0.2, 0) is 13.6 Å². The van der Waals surface area contributed by atoms with E-state index in [9.17, 15) is 0 Å². The number of hydrogen-bond donors (Lipinski definition) is 1. The van der Waals surface area contributed by atoms with Crippen LogP contribution in [-0.4, -0.2) is 9.55 Å².